The van der Waals surface area contributed by atoms with Crippen molar-refractivity contribution in [2.45, 2.75) is 12.1 Å². The third-order valence-corrected chi connectivity index (χ3v) is 3.10. The fourth-order valence-corrected chi connectivity index (χ4v) is 2.19. The zero-order valence-electron chi connectivity index (χ0n) is 9.41. The molecule has 0 fully saturated rings. The van der Waals surface area contributed by atoms with Crippen molar-refractivity contribution in [3.05, 3.63) is 42.1 Å². The molecule has 4 heteroatoms. The van der Waals surface area contributed by atoms with E-state index in [1.54, 1.807) is 30.5 Å². The molecule has 0 N–H and O–H groups in total. The Balaban J connectivity index is 2.07. The summed E-state index contributed by atoms with van der Waals surface area (Å²) in [5, 5.41) is 0. The molecule has 0 radical (unpaired) electrons. The monoisotopic (exact) mass is 228 g/mol. The number of carbonyl (C=O) groups excluding carboxylic acids is 1. The highest BCUT2D eigenvalue weighted by molar-refractivity contribution is 6.03. The van der Waals surface area contributed by atoms with E-state index in [0.717, 1.165) is 5.69 Å². The van der Waals surface area contributed by atoms with Gasteiger partial charge in [-0.3, -0.25) is 9.79 Å². The summed E-state index contributed by atoms with van der Waals surface area (Å²) in [7, 11) is 1.63. The highest BCUT2D eigenvalue weighted by atomic mass is 16.5. The zero-order valence-corrected chi connectivity index (χ0v) is 9.41. The number of ether oxygens (including phenoxy) is 1. The summed E-state index contributed by atoms with van der Waals surface area (Å²) in [5.41, 5.74) is 1.35. The molecule has 2 atom stereocenters. The van der Waals surface area contributed by atoms with E-state index in [4.69, 9.17) is 4.74 Å². The van der Waals surface area contributed by atoms with E-state index in [0.29, 0.717) is 5.56 Å². The van der Waals surface area contributed by atoms with Crippen LogP contribution in [0.3, 0.4) is 0 Å². The Morgan fingerprint density at radius 3 is 3.00 bits per heavy atom. The number of hydrogen-bond donors (Lipinski definition) is 0. The van der Waals surface area contributed by atoms with Crippen LogP contribution in [-0.2, 0) is 4.74 Å². The number of benzene rings is 1. The molecular formula is C13H12N2O2. The molecule has 0 saturated heterocycles. The first kappa shape index (κ1) is 10.2. The largest absolute Gasteiger partial charge is 0.375 e. The van der Waals surface area contributed by atoms with E-state index in [2.05, 4.69) is 4.99 Å². The van der Waals surface area contributed by atoms with Crippen molar-refractivity contribution in [3.63, 3.8) is 0 Å². The number of fused-ring (bicyclic) bond motifs is 2. The Morgan fingerprint density at radius 1 is 1.35 bits per heavy atom. The van der Waals surface area contributed by atoms with Gasteiger partial charge in [-0.15, -0.1) is 0 Å². The molecule has 1 aromatic rings. The Bertz CT molecular complexity index is 522. The third-order valence-electron chi connectivity index (χ3n) is 3.10. The fourth-order valence-electron chi connectivity index (χ4n) is 2.19. The lowest BCUT2D eigenvalue weighted by Gasteiger charge is -2.22. The van der Waals surface area contributed by atoms with Gasteiger partial charge in [-0.1, -0.05) is 12.1 Å². The molecule has 0 spiro atoms. The van der Waals surface area contributed by atoms with Gasteiger partial charge in [0.1, 0.15) is 12.1 Å². The van der Waals surface area contributed by atoms with Gasteiger partial charge in [0.2, 0.25) is 0 Å². The van der Waals surface area contributed by atoms with Gasteiger partial charge in [0.25, 0.3) is 5.91 Å². The van der Waals surface area contributed by atoms with Crippen molar-refractivity contribution in [3.8, 4) is 0 Å². The van der Waals surface area contributed by atoms with E-state index in [1.807, 2.05) is 24.3 Å². The Labute approximate surface area is 99.2 Å². The molecule has 1 amide bonds. The van der Waals surface area contributed by atoms with Crippen LogP contribution in [0, 0.1) is 0 Å². The Hall–Kier alpha value is -1.94. The van der Waals surface area contributed by atoms with Crippen molar-refractivity contribution < 1.29 is 9.53 Å². The normalized spacial score (nSPS) is 25.7. The van der Waals surface area contributed by atoms with E-state index in [9.17, 15) is 4.79 Å². The first-order chi connectivity index (χ1) is 8.31. The molecule has 17 heavy (non-hydrogen) atoms. The van der Waals surface area contributed by atoms with Gasteiger partial charge in [0.05, 0.1) is 11.3 Å². The number of amides is 1. The second-order valence-electron chi connectivity index (χ2n) is 4.04. The van der Waals surface area contributed by atoms with Gasteiger partial charge >= 0.3 is 0 Å². The number of methoxy groups -OCH3 is 1. The van der Waals surface area contributed by atoms with Crippen molar-refractivity contribution in [2.24, 2.45) is 4.99 Å². The van der Waals surface area contributed by atoms with Crippen LogP contribution in [-0.4, -0.2) is 36.3 Å². The molecule has 3 rings (SSSR count). The molecule has 0 saturated carbocycles. The summed E-state index contributed by atoms with van der Waals surface area (Å²) in [6, 6.07) is 7.23. The van der Waals surface area contributed by atoms with Crippen molar-refractivity contribution >= 4 is 17.8 Å². The summed E-state index contributed by atoms with van der Waals surface area (Å²) >= 11 is 0. The first-order valence-electron chi connectivity index (χ1n) is 5.48. The minimum absolute atomic E-state index is 0.0288. The molecule has 2 unspecified atom stereocenters. The highest BCUT2D eigenvalue weighted by Gasteiger charge is 2.34. The van der Waals surface area contributed by atoms with Crippen LogP contribution >= 0.6 is 0 Å². The number of carbonyl (C=O) groups is 1. The van der Waals surface area contributed by atoms with E-state index < -0.39 is 0 Å². The topological polar surface area (TPSA) is 41.9 Å². The van der Waals surface area contributed by atoms with Crippen molar-refractivity contribution in [2.75, 3.05) is 7.11 Å². The Kier molecular flexibility index (Phi) is 2.30. The van der Waals surface area contributed by atoms with Gasteiger partial charge in [0.15, 0.2) is 0 Å². The van der Waals surface area contributed by atoms with Crippen molar-refractivity contribution in [1.82, 2.24) is 4.90 Å². The van der Waals surface area contributed by atoms with Crippen LogP contribution in [0.2, 0.25) is 0 Å². The van der Waals surface area contributed by atoms with Crippen LogP contribution in [0.1, 0.15) is 10.4 Å². The molecular weight excluding hydrogens is 216 g/mol. The number of rotatable bonds is 1. The van der Waals surface area contributed by atoms with Crippen molar-refractivity contribution in [1.29, 1.82) is 0 Å². The maximum Gasteiger partial charge on any atom is 0.260 e. The van der Waals surface area contributed by atoms with Gasteiger partial charge in [-0.2, -0.15) is 0 Å². The van der Waals surface area contributed by atoms with Gasteiger partial charge in [-0.05, 0) is 18.2 Å². The molecule has 86 valence electrons. The third kappa shape index (κ3) is 1.49. The van der Waals surface area contributed by atoms with E-state index >= 15 is 0 Å². The van der Waals surface area contributed by atoms with E-state index in [-0.39, 0.29) is 18.1 Å². The van der Waals surface area contributed by atoms with E-state index in [1.165, 1.54) is 0 Å². The number of hydrogen-bond acceptors (Lipinski definition) is 3. The summed E-state index contributed by atoms with van der Waals surface area (Å²) in [4.78, 5) is 18.4. The Morgan fingerprint density at radius 2 is 2.18 bits per heavy atom. The lowest BCUT2D eigenvalue weighted by atomic mass is 10.1. The predicted octanol–water partition coefficient (Wildman–Crippen LogP) is 1.76. The van der Waals surface area contributed by atoms with Gasteiger partial charge < -0.3 is 9.64 Å². The number of nitrogens with zero attached hydrogens (tertiary/aromatic N) is 2. The van der Waals surface area contributed by atoms with Gasteiger partial charge in [0, 0.05) is 19.5 Å². The molecule has 4 nitrogen and oxygen atoms in total. The van der Waals surface area contributed by atoms with Crippen LogP contribution < -0.4 is 0 Å². The maximum absolute atomic E-state index is 12.3. The SMILES string of the molecule is COC1C=CN2C(=O)c3ccccc3N=CC12. The van der Waals surface area contributed by atoms with Crippen LogP contribution in [0.5, 0.6) is 0 Å². The lowest BCUT2D eigenvalue weighted by Crippen LogP contribution is -2.39. The summed E-state index contributed by atoms with van der Waals surface area (Å²) in [6.07, 6.45) is 5.31. The molecule has 0 aromatic heterocycles. The second kappa shape index (κ2) is 3.82. The number of aliphatic imine (C=N–C) groups is 1. The molecule has 2 heterocycles. The van der Waals surface area contributed by atoms with Crippen LogP contribution in [0.4, 0.5) is 5.69 Å². The summed E-state index contributed by atoms with van der Waals surface area (Å²) in [5.74, 6) is -0.0288. The molecule has 1 aromatic carbocycles. The summed E-state index contributed by atoms with van der Waals surface area (Å²) in [6.45, 7) is 0. The highest BCUT2D eigenvalue weighted by Crippen LogP contribution is 2.28. The van der Waals surface area contributed by atoms with Crippen LogP contribution in [0.15, 0.2) is 41.5 Å². The molecule has 0 bridgehead atoms. The average Bonchev–Trinajstić information content (AvgIpc) is 2.73. The summed E-state index contributed by atoms with van der Waals surface area (Å²) < 4.78 is 5.31. The quantitative estimate of drug-likeness (QED) is 0.735. The smallest absolute Gasteiger partial charge is 0.260 e. The lowest BCUT2D eigenvalue weighted by molar-refractivity contribution is 0.0698. The maximum atomic E-state index is 12.3. The average molecular weight is 228 g/mol. The predicted molar refractivity (Wildman–Crippen MR) is 64.5 cm³/mol. The second-order valence-corrected chi connectivity index (χ2v) is 4.04. The fraction of sp³-hybridized carbons (Fsp3) is 0.231. The minimum Gasteiger partial charge on any atom is -0.375 e. The zero-order chi connectivity index (χ0) is 11.8. The molecule has 2 aliphatic rings. The first-order valence-corrected chi connectivity index (χ1v) is 5.48. The van der Waals surface area contributed by atoms with Gasteiger partial charge in [-0.25, -0.2) is 0 Å². The van der Waals surface area contributed by atoms with Crippen LogP contribution in [0.25, 0.3) is 0 Å². The number of para-hydroxylation sites is 1. The molecule has 0 aliphatic carbocycles. The standard InChI is InChI=1S/C13H12N2O2/c1-17-12-6-7-15-11(12)8-14-10-5-3-2-4-9(10)13(15)16/h2-8,11-12H,1H3. The minimum atomic E-state index is -0.139. The molecule has 2 aliphatic heterocycles.